The summed E-state index contributed by atoms with van der Waals surface area (Å²) in [5.74, 6) is -0.138. The molecular formula is C14H14BrN3O. The second-order valence-electron chi connectivity index (χ2n) is 4.59. The molecular weight excluding hydrogens is 306 g/mol. The molecule has 2 heterocycles. The Balaban J connectivity index is 1.78. The number of hydrogen-bond donors (Lipinski definition) is 3. The fourth-order valence-electron chi connectivity index (χ4n) is 2.24. The zero-order valence-electron chi connectivity index (χ0n) is 10.3. The van der Waals surface area contributed by atoms with Gasteiger partial charge in [0, 0.05) is 28.6 Å². The fourth-order valence-corrected chi connectivity index (χ4v) is 2.58. The molecule has 3 N–H and O–H groups in total. The molecule has 0 saturated heterocycles. The summed E-state index contributed by atoms with van der Waals surface area (Å²) < 4.78 is 0.866. The van der Waals surface area contributed by atoms with Gasteiger partial charge in [-0.3, -0.25) is 4.79 Å². The Hall–Kier alpha value is -1.75. The highest BCUT2D eigenvalue weighted by molar-refractivity contribution is 9.10. The van der Waals surface area contributed by atoms with Crippen LogP contribution in [0.2, 0.25) is 0 Å². The van der Waals surface area contributed by atoms with Crippen LogP contribution in [-0.4, -0.2) is 17.4 Å². The number of rotatable bonds is 2. The molecule has 0 aliphatic carbocycles. The van der Waals surface area contributed by atoms with Crippen molar-refractivity contribution in [3.8, 4) is 0 Å². The van der Waals surface area contributed by atoms with E-state index in [1.165, 1.54) is 5.56 Å². The van der Waals surface area contributed by atoms with E-state index in [0.717, 1.165) is 35.2 Å². The van der Waals surface area contributed by atoms with Gasteiger partial charge in [-0.05, 0) is 52.5 Å². The Morgan fingerprint density at radius 1 is 1.32 bits per heavy atom. The molecule has 19 heavy (non-hydrogen) atoms. The van der Waals surface area contributed by atoms with Gasteiger partial charge in [0.1, 0.15) is 5.69 Å². The van der Waals surface area contributed by atoms with Crippen LogP contribution in [-0.2, 0) is 6.42 Å². The first kappa shape index (κ1) is 12.3. The van der Waals surface area contributed by atoms with Crippen LogP contribution in [0.25, 0.3) is 0 Å². The average molecular weight is 320 g/mol. The van der Waals surface area contributed by atoms with Crippen LogP contribution in [0.4, 0.5) is 11.4 Å². The molecule has 3 rings (SSSR count). The van der Waals surface area contributed by atoms with E-state index in [-0.39, 0.29) is 5.91 Å². The Morgan fingerprint density at radius 2 is 2.21 bits per heavy atom. The summed E-state index contributed by atoms with van der Waals surface area (Å²) in [5, 5.41) is 6.24. The predicted molar refractivity (Wildman–Crippen MR) is 79.7 cm³/mol. The lowest BCUT2D eigenvalue weighted by Crippen LogP contribution is -2.15. The highest BCUT2D eigenvalue weighted by Crippen LogP contribution is 2.25. The number of benzene rings is 1. The summed E-state index contributed by atoms with van der Waals surface area (Å²) in [6, 6.07) is 7.76. The van der Waals surface area contributed by atoms with Crippen molar-refractivity contribution in [2.75, 3.05) is 17.2 Å². The molecule has 1 aromatic heterocycles. The van der Waals surface area contributed by atoms with Crippen LogP contribution in [0.3, 0.4) is 0 Å². The Kier molecular flexibility index (Phi) is 3.29. The molecule has 0 radical (unpaired) electrons. The third-order valence-corrected chi connectivity index (χ3v) is 3.66. The third kappa shape index (κ3) is 2.66. The Labute approximate surface area is 119 Å². The molecule has 0 fully saturated rings. The lowest BCUT2D eigenvalue weighted by Gasteiger charge is -2.18. The molecule has 1 aromatic carbocycles. The summed E-state index contributed by atoms with van der Waals surface area (Å²) in [5.41, 5.74) is 3.78. The minimum Gasteiger partial charge on any atom is -0.385 e. The maximum absolute atomic E-state index is 12.0. The van der Waals surface area contributed by atoms with Crippen molar-refractivity contribution in [1.82, 2.24) is 4.98 Å². The molecule has 0 atom stereocenters. The van der Waals surface area contributed by atoms with E-state index >= 15 is 0 Å². The summed E-state index contributed by atoms with van der Waals surface area (Å²) in [4.78, 5) is 14.9. The zero-order chi connectivity index (χ0) is 13.2. The van der Waals surface area contributed by atoms with Gasteiger partial charge in [-0.2, -0.15) is 0 Å². The van der Waals surface area contributed by atoms with Crippen molar-refractivity contribution in [3.05, 3.63) is 46.2 Å². The minimum atomic E-state index is -0.138. The maximum Gasteiger partial charge on any atom is 0.272 e. The molecule has 0 bridgehead atoms. The zero-order valence-corrected chi connectivity index (χ0v) is 11.9. The van der Waals surface area contributed by atoms with Crippen molar-refractivity contribution < 1.29 is 4.79 Å². The molecule has 4 nitrogen and oxygen atoms in total. The van der Waals surface area contributed by atoms with Crippen LogP contribution in [0.1, 0.15) is 22.5 Å². The molecule has 1 aliphatic heterocycles. The van der Waals surface area contributed by atoms with E-state index in [4.69, 9.17) is 0 Å². The van der Waals surface area contributed by atoms with E-state index in [1.54, 1.807) is 12.3 Å². The number of halogens is 1. The second-order valence-corrected chi connectivity index (χ2v) is 5.50. The number of nitrogens with one attached hydrogen (secondary N) is 3. The lowest BCUT2D eigenvalue weighted by atomic mass is 10.0. The highest BCUT2D eigenvalue weighted by atomic mass is 79.9. The summed E-state index contributed by atoms with van der Waals surface area (Å²) in [6.45, 7) is 0.994. The number of H-pyrrole nitrogens is 1. The largest absolute Gasteiger partial charge is 0.385 e. The second kappa shape index (κ2) is 5.09. The number of fused-ring (bicyclic) bond motifs is 1. The molecule has 2 aromatic rings. The van der Waals surface area contributed by atoms with Crippen molar-refractivity contribution >= 4 is 33.2 Å². The van der Waals surface area contributed by atoms with E-state index in [9.17, 15) is 4.79 Å². The summed E-state index contributed by atoms with van der Waals surface area (Å²) >= 11 is 3.31. The number of aromatic nitrogens is 1. The summed E-state index contributed by atoms with van der Waals surface area (Å²) in [7, 11) is 0. The molecule has 98 valence electrons. The normalized spacial score (nSPS) is 13.5. The van der Waals surface area contributed by atoms with Gasteiger partial charge in [-0.25, -0.2) is 0 Å². The van der Waals surface area contributed by atoms with Crippen molar-refractivity contribution in [2.24, 2.45) is 0 Å². The van der Waals surface area contributed by atoms with Gasteiger partial charge in [-0.15, -0.1) is 0 Å². The number of amides is 1. The first-order valence-electron chi connectivity index (χ1n) is 6.24. The number of carbonyl (C=O) groups excluding carboxylic acids is 1. The molecule has 5 heteroatoms. The van der Waals surface area contributed by atoms with Gasteiger partial charge in [-0.1, -0.05) is 6.07 Å². The van der Waals surface area contributed by atoms with Gasteiger partial charge in [0.2, 0.25) is 0 Å². The number of aryl methyl sites for hydroxylation is 1. The molecule has 0 spiro atoms. The maximum atomic E-state index is 12.0. The number of hydrogen-bond acceptors (Lipinski definition) is 2. The monoisotopic (exact) mass is 319 g/mol. The topological polar surface area (TPSA) is 56.9 Å². The van der Waals surface area contributed by atoms with Gasteiger partial charge in [0.25, 0.3) is 5.91 Å². The third-order valence-electron chi connectivity index (χ3n) is 3.20. The minimum absolute atomic E-state index is 0.138. The van der Waals surface area contributed by atoms with Gasteiger partial charge in [0.05, 0.1) is 0 Å². The first-order valence-corrected chi connectivity index (χ1v) is 7.04. The van der Waals surface area contributed by atoms with Crippen LogP contribution in [0.15, 0.2) is 34.9 Å². The first-order chi connectivity index (χ1) is 9.22. The smallest absolute Gasteiger partial charge is 0.272 e. The van der Waals surface area contributed by atoms with Crippen LogP contribution >= 0.6 is 15.9 Å². The average Bonchev–Trinajstić information content (AvgIpc) is 2.85. The van der Waals surface area contributed by atoms with Gasteiger partial charge in [0.15, 0.2) is 0 Å². The molecule has 0 unspecified atom stereocenters. The van der Waals surface area contributed by atoms with Crippen molar-refractivity contribution in [3.63, 3.8) is 0 Å². The van der Waals surface area contributed by atoms with Crippen LogP contribution < -0.4 is 10.6 Å². The highest BCUT2D eigenvalue weighted by Gasteiger charge is 2.11. The lowest BCUT2D eigenvalue weighted by molar-refractivity contribution is 0.102. The van der Waals surface area contributed by atoms with Crippen molar-refractivity contribution in [1.29, 1.82) is 0 Å². The standard InChI is InChI=1S/C14H14BrN3O/c15-10-6-13(17-8-10)14(19)18-11-4-3-9-2-1-5-16-12(9)7-11/h3-4,6-8,16-17H,1-2,5H2,(H,18,19). The van der Waals surface area contributed by atoms with Crippen molar-refractivity contribution in [2.45, 2.75) is 12.8 Å². The van der Waals surface area contributed by atoms with E-state index < -0.39 is 0 Å². The number of anilines is 2. The van der Waals surface area contributed by atoms with Crippen LogP contribution in [0, 0.1) is 0 Å². The van der Waals surface area contributed by atoms with Gasteiger partial charge >= 0.3 is 0 Å². The predicted octanol–water partition coefficient (Wildman–Crippen LogP) is 3.39. The quantitative estimate of drug-likeness (QED) is 0.794. The van der Waals surface area contributed by atoms with E-state index in [1.807, 2.05) is 12.1 Å². The summed E-state index contributed by atoms with van der Waals surface area (Å²) in [6.07, 6.45) is 4.00. The van der Waals surface area contributed by atoms with E-state index in [2.05, 4.69) is 37.6 Å². The Morgan fingerprint density at radius 3 is 3.00 bits per heavy atom. The van der Waals surface area contributed by atoms with Gasteiger partial charge < -0.3 is 15.6 Å². The molecule has 1 amide bonds. The van der Waals surface area contributed by atoms with Crippen LogP contribution in [0.5, 0.6) is 0 Å². The van der Waals surface area contributed by atoms with E-state index in [0.29, 0.717) is 5.69 Å². The number of aromatic amines is 1. The SMILES string of the molecule is O=C(Nc1ccc2c(c1)NCCC2)c1cc(Br)c[nH]1. The molecule has 0 saturated carbocycles. The molecule has 1 aliphatic rings. The fraction of sp³-hybridized carbons (Fsp3) is 0.214. The number of carbonyl (C=O) groups is 1. The Bertz CT molecular complexity index is 621.